The lowest BCUT2D eigenvalue weighted by Crippen LogP contribution is -2.25. The molecule has 3 nitrogen and oxygen atoms in total. The summed E-state index contributed by atoms with van der Waals surface area (Å²) in [7, 11) is 0. The molecule has 1 aliphatic rings. The minimum atomic E-state index is -0.227. The van der Waals surface area contributed by atoms with Crippen LogP contribution in [0, 0.1) is 17.7 Å². The number of carbonyl (C=O) groups is 1. The molecular weight excluding hydrogens is 231 g/mol. The molecule has 2 N–H and O–H groups in total. The molecule has 1 fully saturated rings. The van der Waals surface area contributed by atoms with Gasteiger partial charge in [-0.15, -0.1) is 0 Å². The maximum absolute atomic E-state index is 12.8. The second-order valence-corrected chi connectivity index (χ2v) is 5.12. The number of carbonyl (C=O) groups excluding carboxylic acids is 1. The van der Waals surface area contributed by atoms with Gasteiger partial charge in [0.2, 0.25) is 5.91 Å². The fraction of sp³-hybridized carbons (Fsp3) is 0.500. The molecule has 2 rings (SSSR count). The number of halogens is 1. The summed E-state index contributed by atoms with van der Waals surface area (Å²) in [5, 5.41) is 0. The molecule has 2 atom stereocenters. The molecule has 0 spiro atoms. The quantitative estimate of drug-likeness (QED) is 0.890. The van der Waals surface area contributed by atoms with E-state index in [2.05, 4.69) is 4.90 Å². The van der Waals surface area contributed by atoms with Gasteiger partial charge in [-0.25, -0.2) is 4.39 Å². The van der Waals surface area contributed by atoms with Gasteiger partial charge in [-0.2, -0.15) is 0 Å². The number of nitrogens with zero attached hydrogens (tertiary/aromatic N) is 1. The Balaban J connectivity index is 1.92. The number of nitrogens with two attached hydrogens (primary N) is 1. The van der Waals surface area contributed by atoms with E-state index in [1.807, 2.05) is 6.92 Å². The van der Waals surface area contributed by atoms with Crippen molar-refractivity contribution < 1.29 is 9.18 Å². The van der Waals surface area contributed by atoms with Crippen molar-refractivity contribution in [3.8, 4) is 0 Å². The first kappa shape index (κ1) is 12.9. The van der Waals surface area contributed by atoms with Crippen molar-refractivity contribution in [2.45, 2.75) is 19.8 Å². The van der Waals surface area contributed by atoms with Crippen molar-refractivity contribution >= 4 is 11.6 Å². The Labute approximate surface area is 107 Å². The van der Waals surface area contributed by atoms with Gasteiger partial charge >= 0.3 is 0 Å². The minimum absolute atomic E-state index is 0.0665. The average molecular weight is 250 g/mol. The molecule has 0 aliphatic carbocycles. The van der Waals surface area contributed by atoms with Gasteiger partial charge in [-0.05, 0) is 43.0 Å². The van der Waals surface area contributed by atoms with Crippen LogP contribution in [0.25, 0.3) is 0 Å². The van der Waals surface area contributed by atoms with Crippen LogP contribution >= 0.6 is 0 Å². The van der Waals surface area contributed by atoms with Gasteiger partial charge in [0.15, 0.2) is 0 Å². The number of amides is 1. The molecule has 1 amide bonds. The molecule has 1 aromatic rings. The first-order valence-corrected chi connectivity index (χ1v) is 6.36. The molecule has 0 radical (unpaired) electrons. The number of rotatable bonds is 4. The maximum Gasteiger partial charge on any atom is 0.220 e. The van der Waals surface area contributed by atoms with Gasteiger partial charge in [-0.1, -0.05) is 6.92 Å². The summed E-state index contributed by atoms with van der Waals surface area (Å²) in [6, 6.07) is 6.56. The fourth-order valence-corrected chi connectivity index (χ4v) is 2.53. The van der Waals surface area contributed by atoms with E-state index in [1.165, 1.54) is 12.1 Å². The van der Waals surface area contributed by atoms with Crippen LogP contribution in [-0.4, -0.2) is 19.0 Å². The summed E-state index contributed by atoms with van der Waals surface area (Å²) in [6.45, 7) is 3.76. The van der Waals surface area contributed by atoms with Gasteiger partial charge in [0.25, 0.3) is 0 Å². The monoisotopic (exact) mass is 250 g/mol. The van der Waals surface area contributed by atoms with Crippen LogP contribution in [0.15, 0.2) is 24.3 Å². The zero-order valence-electron chi connectivity index (χ0n) is 10.6. The van der Waals surface area contributed by atoms with Gasteiger partial charge < -0.3 is 10.6 Å². The topological polar surface area (TPSA) is 46.3 Å². The van der Waals surface area contributed by atoms with Crippen molar-refractivity contribution in [2.24, 2.45) is 17.6 Å². The summed E-state index contributed by atoms with van der Waals surface area (Å²) in [5.74, 6) is -0.00667. The number of hydrogen-bond donors (Lipinski definition) is 1. The Kier molecular flexibility index (Phi) is 3.84. The molecule has 98 valence electrons. The maximum atomic E-state index is 12.8. The second kappa shape index (κ2) is 5.38. The lowest BCUT2D eigenvalue weighted by atomic mass is 9.95. The third-order valence-corrected chi connectivity index (χ3v) is 3.65. The number of primary amides is 1. The zero-order valence-corrected chi connectivity index (χ0v) is 10.6. The Morgan fingerprint density at radius 2 is 2.17 bits per heavy atom. The lowest BCUT2D eigenvalue weighted by Gasteiger charge is -2.19. The van der Waals surface area contributed by atoms with E-state index < -0.39 is 0 Å². The zero-order chi connectivity index (χ0) is 13.1. The summed E-state index contributed by atoms with van der Waals surface area (Å²) < 4.78 is 12.8. The highest BCUT2D eigenvalue weighted by molar-refractivity contribution is 5.76. The molecular formula is C14H19FN2O. The highest BCUT2D eigenvalue weighted by Crippen LogP contribution is 2.27. The van der Waals surface area contributed by atoms with Crippen LogP contribution in [-0.2, 0) is 4.79 Å². The van der Waals surface area contributed by atoms with Crippen LogP contribution in [0.5, 0.6) is 0 Å². The Morgan fingerprint density at radius 3 is 2.78 bits per heavy atom. The molecule has 1 aromatic carbocycles. The SMILES string of the molecule is CC(CC1CCN(c2ccc(F)cc2)C1)C(N)=O. The molecule has 0 bridgehead atoms. The standard InChI is InChI=1S/C14H19FN2O/c1-10(14(16)18)8-11-6-7-17(9-11)13-4-2-12(15)3-5-13/h2-5,10-11H,6-9H2,1H3,(H2,16,18). The molecule has 4 heteroatoms. The van der Waals surface area contributed by atoms with Gasteiger partial charge in [-0.3, -0.25) is 4.79 Å². The predicted molar refractivity (Wildman–Crippen MR) is 69.7 cm³/mol. The minimum Gasteiger partial charge on any atom is -0.371 e. The van der Waals surface area contributed by atoms with E-state index >= 15 is 0 Å². The Morgan fingerprint density at radius 1 is 1.50 bits per heavy atom. The van der Waals surface area contributed by atoms with Crippen molar-refractivity contribution in [3.63, 3.8) is 0 Å². The van der Waals surface area contributed by atoms with Crippen LogP contribution in [0.4, 0.5) is 10.1 Å². The van der Waals surface area contributed by atoms with Crippen molar-refractivity contribution in [3.05, 3.63) is 30.1 Å². The molecule has 0 aromatic heterocycles. The molecule has 0 saturated carbocycles. The third-order valence-electron chi connectivity index (χ3n) is 3.65. The number of benzene rings is 1. The summed E-state index contributed by atoms with van der Waals surface area (Å²) in [4.78, 5) is 13.3. The second-order valence-electron chi connectivity index (χ2n) is 5.12. The molecule has 1 aliphatic heterocycles. The summed E-state index contributed by atoms with van der Waals surface area (Å²) in [5.41, 5.74) is 6.33. The van der Waals surface area contributed by atoms with Gasteiger partial charge in [0.1, 0.15) is 5.82 Å². The molecule has 1 saturated heterocycles. The van der Waals surface area contributed by atoms with Crippen molar-refractivity contribution in [2.75, 3.05) is 18.0 Å². The molecule has 2 unspecified atom stereocenters. The number of anilines is 1. The van der Waals surface area contributed by atoms with Crippen LogP contribution in [0.1, 0.15) is 19.8 Å². The number of hydrogen-bond acceptors (Lipinski definition) is 2. The van der Waals surface area contributed by atoms with Crippen molar-refractivity contribution in [1.29, 1.82) is 0 Å². The van der Waals surface area contributed by atoms with Crippen LogP contribution in [0.3, 0.4) is 0 Å². The van der Waals surface area contributed by atoms with E-state index in [4.69, 9.17) is 5.73 Å². The fourth-order valence-electron chi connectivity index (χ4n) is 2.53. The van der Waals surface area contributed by atoms with Crippen molar-refractivity contribution in [1.82, 2.24) is 0 Å². The summed E-state index contributed by atoms with van der Waals surface area (Å²) in [6.07, 6.45) is 1.90. The Hall–Kier alpha value is -1.58. The van der Waals surface area contributed by atoms with Crippen LogP contribution in [0.2, 0.25) is 0 Å². The smallest absolute Gasteiger partial charge is 0.220 e. The van der Waals surface area contributed by atoms with E-state index in [-0.39, 0.29) is 17.6 Å². The highest BCUT2D eigenvalue weighted by Gasteiger charge is 2.25. The third kappa shape index (κ3) is 3.00. The largest absolute Gasteiger partial charge is 0.371 e. The highest BCUT2D eigenvalue weighted by atomic mass is 19.1. The van der Waals surface area contributed by atoms with Gasteiger partial charge in [0, 0.05) is 24.7 Å². The molecule has 18 heavy (non-hydrogen) atoms. The summed E-state index contributed by atoms with van der Waals surface area (Å²) >= 11 is 0. The van der Waals surface area contributed by atoms with E-state index in [1.54, 1.807) is 12.1 Å². The first-order valence-electron chi connectivity index (χ1n) is 6.36. The normalized spacial score (nSPS) is 21.0. The van der Waals surface area contributed by atoms with Gasteiger partial charge in [0.05, 0.1) is 0 Å². The lowest BCUT2D eigenvalue weighted by molar-refractivity contribution is -0.121. The van der Waals surface area contributed by atoms with Crippen LogP contribution < -0.4 is 10.6 Å². The van der Waals surface area contributed by atoms with E-state index in [9.17, 15) is 9.18 Å². The average Bonchev–Trinajstić information content (AvgIpc) is 2.78. The first-order chi connectivity index (χ1) is 8.56. The Bertz CT molecular complexity index is 418. The predicted octanol–water partition coefficient (Wildman–Crippen LogP) is 2.16. The van der Waals surface area contributed by atoms with E-state index in [0.717, 1.165) is 31.6 Å². The molecule has 1 heterocycles. The van der Waals surface area contributed by atoms with E-state index in [0.29, 0.717) is 5.92 Å².